The van der Waals surface area contributed by atoms with Crippen LogP contribution in [0, 0.1) is 0 Å². The number of carbonyl (C=O) groups is 2. The van der Waals surface area contributed by atoms with Gasteiger partial charge in [0, 0.05) is 19.0 Å². The van der Waals surface area contributed by atoms with Crippen molar-refractivity contribution < 1.29 is 43.2 Å². The average Bonchev–Trinajstić information content (AvgIpc) is 2.73. The highest BCUT2D eigenvalue weighted by Gasteiger charge is 2.46. The Hall–Kier alpha value is -2.60. The molecule has 9 nitrogen and oxygen atoms in total. The van der Waals surface area contributed by atoms with E-state index in [9.17, 15) is 33.7 Å². The van der Waals surface area contributed by atoms with Crippen LogP contribution in [0.1, 0.15) is 45.1 Å². The lowest BCUT2D eigenvalue weighted by atomic mass is 9.97. The molecule has 2 rings (SSSR count). The molecule has 1 fully saturated rings. The highest BCUT2D eigenvalue weighted by Crippen LogP contribution is 2.34. The van der Waals surface area contributed by atoms with Gasteiger partial charge < -0.3 is 35.4 Å². The number of anilines is 1. The van der Waals surface area contributed by atoms with E-state index >= 15 is 0 Å². The lowest BCUT2D eigenvalue weighted by molar-refractivity contribution is -0.244. The maximum Gasteiger partial charge on any atom is 0.267 e. The first-order chi connectivity index (χ1) is 15.5. The van der Waals surface area contributed by atoms with Crippen molar-refractivity contribution in [1.29, 1.82) is 0 Å². The van der Waals surface area contributed by atoms with Gasteiger partial charge >= 0.3 is 0 Å². The predicted molar refractivity (Wildman–Crippen MR) is 115 cm³/mol. The van der Waals surface area contributed by atoms with Crippen molar-refractivity contribution in [2.24, 2.45) is 0 Å². The summed E-state index contributed by atoms with van der Waals surface area (Å²) in [6.07, 6.45) is -7.39. The molecule has 5 atom stereocenters. The Morgan fingerprint density at radius 2 is 1.91 bits per heavy atom. The number of rotatable bonds is 10. The molecule has 0 radical (unpaired) electrons. The fourth-order valence-corrected chi connectivity index (χ4v) is 3.37. The standard InChI is InChI=1S/C22H30F2N2O7/c1-11(2)5-4-6-17(29)26-13-7-8-15(14(9-13)21(23)24)32-22-18(25-12(3)28)20(31)19(30)16(10-27)33-22/h7-9,16,18-22,27,30-31H,1,4-6,10H2,2-3H3,(H,25,28)(H,26,29)/t16?,18?,19-,20-,22-/m1/s1. The number of aliphatic hydroxyl groups excluding tert-OH is 3. The number of hydrogen-bond acceptors (Lipinski definition) is 7. The second-order valence-electron chi connectivity index (χ2n) is 7.96. The molecular formula is C22H30F2N2O7. The van der Waals surface area contributed by atoms with E-state index in [0.29, 0.717) is 12.8 Å². The Morgan fingerprint density at radius 3 is 2.48 bits per heavy atom. The molecule has 0 saturated carbocycles. The molecule has 1 saturated heterocycles. The molecule has 33 heavy (non-hydrogen) atoms. The third-order valence-electron chi connectivity index (χ3n) is 5.03. The Bertz CT molecular complexity index is 852. The number of halogens is 2. The molecule has 0 aliphatic carbocycles. The molecule has 5 N–H and O–H groups in total. The van der Waals surface area contributed by atoms with Crippen LogP contribution in [-0.2, 0) is 14.3 Å². The van der Waals surface area contributed by atoms with E-state index in [2.05, 4.69) is 17.2 Å². The zero-order valence-electron chi connectivity index (χ0n) is 18.5. The summed E-state index contributed by atoms with van der Waals surface area (Å²) >= 11 is 0. The fraction of sp³-hybridized carbons (Fsp3) is 0.545. The average molecular weight is 472 g/mol. The van der Waals surface area contributed by atoms with Crippen LogP contribution in [0.15, 0.2) is 30.4 Å². The minimum atomic E-state index is -2.98. The maximum absolute atomic E-state index is 13.7. The van der Waals surface area contributed by atoms with Crippen LogP contribution in [0.4, 0.5) is 14.5 Å². The van der Waals surface area contributed by atoms with Crippen LogP contribution < -0.4 is 15.4 Å². The van der Waals surface area contributed by atoms with E-state index in [-0.39, 0.29) is 23.8 Å². The first kappa shape index (κ1) is 26.7. The first-order valence-corrected chi connectivity index (χ1v) is 10.5. The maximum atomic E-state index is 13.7. The molecule has 1 heterocycles. The molecule has 2 unspecified atom stereocenters. The number of alkyl halides is 2. The van der Waals surface area contributed by atoms with Crippen molar-refractivity contribution in [2.75, 3.05) is 11.9 Å². The van der Waals surface area contributed by atoms with E-state index in [0.717, 1.165) is 18.6 Å². The van der Waals surface area contributed by atoms with E-state index in [1.165, 1.54) is 12.1 Å². The van der Waals surface area contributed by atoms with Gasteiger partial charge in [0.1, 0.15) is 30.1 Å². The molecule has 0 aromatic heterocycles. The summed E-state index contributed by atoms with van der Waals surface area (Å²) in [5.74, 6) is -1.23. The number of carbonyl (C=O) groups excluding carboxylic acids is 2. The van der Waals surface area contributed by atoms with Gasteiger partial charge in [0.15, 0.2) is 0 Å². The van der Waals surface area contributed by atoms with Crippen molar-refractivity contribution >= 4 is 17.5 Å². The summed E-state index contributed by atoms with van der Waals surface area (Å²) in [6.45, 7) is 6.09. The predicted octanol–water partition coefficient (Wildman–Crippen LogP) is 1.63. The van der Waals surface area contributed by atoms with Crippen LogP contribution in [0.5, 0.6) is 5.75 Å². The summed E-state index contributed by atoms with van der Waals surface area (Å²) in [4.78, 5) is 23.6. The molecular weight excluding hydrogens is 442 g/mol. The van der Waals surface area contributed by atoms with Gasteiger partial charge in [-0.1, -0.05) is 5.57 Å². The van der Waals surface area contributed by atoms with Crippen molar-refractivity contribution in [3.8, 4) is 5.75 Å². The van der Waals surface area contributed by atoms with E-state index in [1.54, 1.807) is 0 Å². The number of aliphatic hydroxyl groups is 3. The smallest absolute Gasteiger partial charge is 0.267 e. The molecule has 0 bridgehead atoms. The zero-order valence-corrected chi connectivity index (χ0v) is 18.5. The van der Waals surface area contributed by atoms with Gasteiger partial charge in [0.05, 0.1) is 12.2 Å². The van der Waals surface area contributed by atoms with Crippen molar-refractivity contribution in [3.63, 3.8) is 0 Å². The van der Waals surface area contributed by atoms with Gasteiger partial charge in [-0.05, 0) is 38.0 Å². The number of benzene rings is 1. The summed E-state index contributed by atoms with van der Waals surface area (Å²) in [5.41, 5.74) is 0.526. The van der Waals surface area contributed by atoms with Gasteiger partial charge in [-0.3, -0.25) is 9.59 Å². The van der Waals surface area contributed by atoms with Crippen LogP contribution in [-0.4, -0.2) is 64.4 Å². The second kappa shape index (κ2) is 12.0. The highest BCUT2D eigenvalue weighted by atomic mass is 19.3. The largest absolute Gasteiger partial charge is 0.462 e. The Kier molecular flexibility index (Phi) is 9.71. The van der Waals surface area contributed by atoms with Crippen LogP contribution >= 0.6 is 0 Å². The third-order valence-corrected chi connectivity index (χ3v) is 5.03. The number of nitrogens with one attached hydrogen (secondary N) is 2. The molecule has 184 valence electrons. The zero-order chi connectivity index (χ0) is 24.7. The Morgan fingerprint density at radius 1 is 1.21 bits per heavy atom. The van der Waals surface area contributed by atoms with Gasteiger partial charge in [0.2, 0.25) is 18.1 Å². The normalized spacial score (nSPS) is 24.9. The molecule has 2 amide bonds. The SMILES string of the molecule is C=C(C)CCCC(=O)Nc1ccc(O[C@@H]2OC(CO)[C@@H](O)[C@H](O)C2NC(C)=O)c(C(F)F)c1. The van der Waals surface area contributed by atoms with Crippen molar-refractivity contribution in [2.45, 2.75) is 70.2 Å². The number of ether oxygens (including phenoxy) is 2. The first-order valence-electron chi connectivity index (χ1n) is 10.5. The minimum Gasteiger partial charge on any atom is -0.462 e. The second-order valence-corrected chi connectivity index (χ2v) is 7.96. The van der Waals surface area contributed by atoms with Gasteiger partial charge in [-0.15, -0.1) is 6.58 Å². The van der Waals surface area contributed by atoms with Crippen LogP contribution in [0.25, 0.3) is 0 Å². The van der Waals surface area contributed by atoms with Crippen LogP contribution in [0.3, 0.4) is 0 Å². The molecule has 1 aliphatic rings. The molecule has 1 aliphatic heterocycles. The van der Waals surface area contributed by atoms with Crippen LogP contribution in [0.2, 0.25) is 0 Å². The van der Waals surface area contributed by atoms with Gasteiger partial charge in [-0.2, -0.15) is 0 Å². The molecule has 0 spiro atoms. The topological polar surface area (TPSA) is 137 Å². The van der Waals surface area contributed by atoms with Gasteiger partial charge in [-0.25, -0.2) is 8.78 Å². The lowest BCUT2D eigenvalue weighted by Crippen LogP contribution is -2.65. The fourth-order valence-electron chi connectivity index (χ4n) is 3.37. The monoisotopic (exact) mass is 472 g/mol. The molecule has 1 aromatic carbocycles. The quantitative estimate of drug-likeness (QED) is 0.327. The lowest BCUT2D eigenvalue weighted by Gasteiger charge is -2.42. The van der Waals surface area contributed by atoms with E-state index in [4.69, 9.17) is 9.47 Å². The third kappa shape index (κ3) is 7.46. The summed E-state index contributed by atoms with van der Waals surface area (Å²) in [7, 11) is 0. The van der Waals surface area contributed by atoms with Gasteiger partial charge in [0.25, 0.3) is 6.43 Å². The Labute approximate surface area is 190 Å². The summed E-state index contributed by atoms with van der Waals surface area (Å²) in [5, 5.41) is 34.7. The number of allylic oxidation sites excluding steroid dienone is 1. The minimum absolute atomic E-state index is 0.143. The highest BCUT2D eigenvalue weighted by molar-refractivity contribution is 5.90. The van der Waals surface area contributed by atoms with E-state index in [1.807, 2.05) is 6.92 Å². The number of amides is 2. The molecule has 11 heteroatoms. The van der Waals surface area contributed by atoms with E-state index < -0.39 is 55.1 Å². The molecule has 1 aromatic rings. The summed E-state index contributed by atoms with van der Waals surface area (Å²) < 4.78 is 38.4. The Balaban J connectivity index is 2.21. The van der Waals surface area contributed by atoms with Crippen molar-refractivity contribution in [1.82, 2.24) is 5.32 Å². The summed E-state index contributed by atoms with van der Waals surface area (Å²) in [6, 6.07) is 2.33. The number of hydrogen-bond donors (Lipinski definition) is 5. The van der Waals surface area contributed by atoms with Crippen molar-refractivity contribution in [3.05, 3.63) is 35.9 Å².